The van der Waals surface area contributed by atoms with Gasteiger partial charge in [0, 0.05) is 80.6 Å². The van der Waals surface area contributed by atoms with Crippen LogP contribution in [-0.2, 0) is 178 Å². The Bertz CT molecular complexity index is 3640. The molecular weight excluding hydrogens is 2040 g/mol. The zero-order chi connectivity index (χ0) is 111. The molecule has 144 heavy (non-hydrogen) atoms. The van der Waals surface area contributed by atoms with E-state index in [0.717, 1.165) is 104 Å². The molecule has 56 heteroatoms. The van der Waals surface area contributed by atoms with Gasteiger partial charge in [0.05, 0.1) is 52.7 Å². The average molecular weight is 2210 g/mol. The highest BCUT2D eigenvalue weighted by molar-refractivity contribution is 7.46. The van der Waals surface area contributed by atoms with Crippen molar-refractivity contribution in [3.05, 3.63) is 0 Å². The Morgan fingerprint density at radius 2 is 0.361 bits per heavy atom. The van der Waals surface area contributed by atoms with E-state index in [-0.39, 0.29) is 98.0 Å². The van der Waals surface area contributed by atoms with Crippen LogP contribution in [0.25, 0.3) is 0 Å². The number of rotatable bonds is 84. The zero-order valence-corrected chi connectivity index (χ0v) is 91.7. The monoisotopic (exact) mass is 2210 g/mol. The third-order valence-corrected chi connectivity index (χ3v) is 22.2. The maximum Gasteiger partial charge on any atom is 0.306 e. The number of phosphoric ester groups is 6. The van der Waals surface area contributed by atoms with Gasteiger partial charge in [0.1, 0.15) is 52.9 Å². The molecule has 0 aliphatic heterocycles. The number of hydrogen-bond acceptors (Lipinski definition) is 44. The van der Waals surface area contributed by atoms with Gasteiger partial charge in [0.25, 0.3) is 46.9 Å². The van der Waals surface area contributed by atoms with Gasteiger partial charge in [0.15, 0.2) is 36.6 Å². The van der Waals surface area contributed by atoms with E-state index in [2.05, 4.69) is 78.1 Å². The number of hydrogen-bond donors (Lipinski definition) is 6. The summed E-state index contributed by atoms with van der Waals surface area (Å²) in [4.78, 5) is 233. The number of phosphoric acid groups is 6. The van der Waals surface area contributed by atoms with E-state index in [1.165, 1.54) is 150 Å². The van der Waals surface area contributed by atoms with Gasteiger partial charge in [-0.3, -0.25) is 84.9 Å². The smallest absolute Gasteiger partial charge is 0.306 e. The SMILES string of the molecule is CC(=O)OCC(COP(=O)([O-])O)OC(C)=O.CCCCCC(=O)OC(COC(C)=O)COP(=O)([O-])O.CCCCCC(=O)OC(COC(C)=O)COP(=O)([O-])OCC[NH3+].CCCCCCCCCCCC(=O)OC(COC(C)=O)COP(=O)([O-])O.CCCCCCCCCCCC(=O)OC(COC(C)=O)COP(=O)([O-])OCC[NH3+].CCCCCCCCCCCCCCCC(=O)OC(COC(C)=O)COP(=O)([O-])O. The lowest BCUT2D eigenvalue weighted by Crippen LogP contribution is -2.52. The Hall–Kier alpha value is -5.78. The van der Waals surface area contributed by atoms with E-state index >= 15 is 0 Å². The van der Waals surface area contributed by atoms with Gasteiger partial charge >= 0.3 is 71.6 Å². The molecule has 0 aromatic carbocycles. The first-order valence-corrected chi connectivity index (χ1v) is 57.9. The van der Waals surface area contributed by atoms with Crippen molar-refractivity contribution < 1.29 is 238 Å². The van der Waals surface area contributed by atoms with Crippen LogP contribution in [0, 0.1) is 0 Å². The fourth-order valence-electron chi connectivity index (χ4n) is 11.4. The molecular formula is C88H168N2O48P6-4. The van der Waals surface area contributed by atoms with Gasteiger partial charge in [-0.2, -0.15) is 0 Å². The normalized spacial score (nSPS) is 14.7. The summed E-state index contributed by atoms with van der Waals surface area (Å²) in [6.07, 6.45) is 35.4. The van der Waals surface area contributed by atoms with Crippen LogP contribution in [0.4, 0.5) is 0 Å². The van der Waals surface area contributed by atoms with Gasteiger partial charge in [-0.1, -0.05) is 240 Å². The van der Waals surface area contributed by atoms with Gasteiger partial charge < -0.3 is 153 Å². The van der Waals surface area contributed by atoms with Crippen LogP contribution in [0.3, 0.4) is 0 Å². The van der Waals surface area contributed by atoms with Crippen LogP contribution in [0.2, 0.25) is 0 Å². The molecule has 12 unspecified atom stereocenters. The first-order chi connectivity index (χ1) is 67.5. The van der Waals surface area contributed by atoms with Crippen molar-refractivity contribution in [3.63, 3.8) is 0 Å². The average Bonchev–Trinajstić information content (AvgIpc) is 0.906. The molecule has 0 bridgehead atoms. The molecule has 0 aromatic heterocycles. The molecule has 0 aromatic rings. The number of quaternary nitrogens is 2. The summed E-state index contributed by atoms with van der Waals surface area (Å²) in [6.45, 7) is 13.7. The van der Waals surface area contributed by atoms with Crippen LogP contribution in [0.1, 0.15) is 353 Å². The standard InChI is InChI=1S/C21H41O8P.C19H38NO8P.C17H33O8P.C13H26NO8P.C11H21O8P.C7H13O8P/c1-3-4-5-6-7-8-9-10-11-12-13-14-15-16-21(23)29-20(17-27-19(2)22)18-28-30(24,25)26;1-3-4-5-6-7-8-9-10-11-12-19(22)28-18(15-25-17(2)21)16-27-29(23,24)26-14-13-20;1-3-4-5-6-7-8-9-10-11-12-17(19)25-16(13-23-15(2)18)14-24-26(20,21)22;1-3-4-5-6-13(16)22-12(9-19-11(2)15)10-21-23(17,18)20-8-7-14;1-3-4-5-6-11(13)19-10(7-17-9(2)12)8-18-20(14,15)16;1-5(8)13-3-7(15-6(2)9)4-14-16(10,11)12/h20H,3-18H2,1-2H3,(H2,24,25,26);18H,3-16,20H2,1-2H3,(H,23,24);16H,3-14H2,1-2H3,(H2,20,21,22);12H,3-10,14H2,1-2H3,(H,17,18);10H,3-8H2,1-2H3,(H2,14,15,16);7H,3-4H2,1-2H3,(H2,10,11,12)/p-4. The van der Waals surface area contributed by atoms with E-state index in [1.807, 2.05) is 13.8 Å². The molecule has 0 aliphatic rings. The summed E-state index contributed by atoms with van der Waals surface area (Å²) in [5.74, 6) is -6.81. The highest BCUT2D eigenvalue weighted by atomic mass is 31.2. The van der Waals surface area contributed by atoms with Crippen molar-refractivity contribution in [2.24, 2.45) is 0 Å². The molecule has 0 aliphatic carbocycles. The fourth-order valence-corrected chi connectivity index (χ4v) is 14.4. The minimum absolute atomic E-state index is 0.103. The summed E-state index contributed by atoms with van der Waals surface area (Å²) in [5.41, 5.74) is 6.91. The molecule has 12 atom stereocenters. The minimum atomic E-state index is -4.94. The van der Waals surface area contributed by atoms with Crippen molar-refractivity contribution >= 4 is 119 Å². The van der Waals surface area contributed by atoms with Crippen LogP contribution in [-0.4, -0.2) is 233 Å². The second kappa shape index (κ2) is 96.8. The minimum Gasteiger partial charge on any atom is -0.756 e. The number of carbonyl (C=O) groups is 12. The van der Waals surface area contributed by atoms with Gasteiger partial charge in [-0.15, -0.1) is 0 Å². The predicted octanol–water partition coefficient (Wildman–Crippen LogP) is 8.67. The van der Waals surface area contributed by atoms with Crippen LogP contribution < -0.4 is 40.8 Å². The lowest BCUT2D eigenvalue weighted by molar-refractivity contribution is -0.373. The van der Waals surface area contributed by atoms with Crippen LogP contribution in [0.15, 0.2) is 0 Å². The molecule has 0 radical (unpaired) electrons. The van der Waals surface area contributed by atoms with E-state index in [9.17, 15) is 114 Å². The molecule has 50 nitrogen and oxygen atoms in total. The van der Waals surface area contributed by atoms with Gasteiger partial charge in [-0.05, 0) is 32.1 Å². The third kappa shape index (κ3) is 125. The second-order valence-electron chi connectivity index (χ2n) is 32.6. The second-order valence-corrected chi connectivity index (χ2v) is 40.2. The number of carbonyl (C=O) groups excluding carboxylic acids is 12. The summed E-state index contributed by atoms with van der Waals surface area (Å²) in [5, 5.41) is 0. The number of ether oxygens (including phenoxy) is 12. The molecule has 0 rings (SSSR count). The summed E-state index contributed by atoms with van der Waals surface area (Å²) in [6, 6.07) is 0. The summed E-state index contributed by atoms with van der Waals surface area (Å²) < 4.78 is 158. The largest absolute Gasteiger partial charge is 0.756 e. The number of unbranched alkanes of at least 4 members (excludes halogenated alkanes) is 32. The summed E-state index contributed by atoms with van der Waals surface area (Å²) in [7, 11) is -28.7. The first-order valence-electron chi connectivity index (χ1n) is 49.0. The van der Waals surface area contributed by atoms with E-state index in [4.69, 9.17) is 66.7 Å². The van der Waals surface area contributed by atoms with E-state index in [0.29, 0.717) is 32.1 Å². The fraction of sp³-hybridized carbons (Fsp3) is 0.864. The molecule has 852 valence electrons. The predicted molar refractivity (Wildman–Crippen MR) is 505 cm³/mol. The topological polar surface area (TPSA) is 766 Å². The maximum atomic E-state index is 12.0. The number of esters is 12. The van der Waals surface area contributed by atoms with Crippen molar-refractivity contribution in [2.75, 3.05) is 106 Å². The lowest BCUT2D eigenvalue weighted by atomic mass is 10.0. The molecule has 0 saturated carbocycles. The molecule has 0 amide bonds. The van der Waals surface area contributed by atoms with E-state index < -0.39 is 195 Å². The highest BCUT2D eigenvalue weighted by Crippen LogP contribution is 2.40. The molecule has 0 spiro atoms. The Balaban J connectivity index is -0.000000401. The molecule has 0 fully saturated rings. The van der Waals surface area contributed by atoms with Gasteiger partial charge in [-0.25, -0.2) is 0 Å². The summed E-state index contributed by atoms with van der Waals surface area (Å²) >= 11 is 0. The van der Waals surface area contributed by atoms with Crippen LogP contribution >= 0.6 is 46.9 Å². The molecule has 0 heterocycles. The molecule has 10 N–H and O–H groups in total. The Morgan fingerprint density at radius 1 is 0.215 bits per heavy atom. The first kappa shape index (κ1) is 149. The molecule has 0 saturated heterocycles. The quantitative estimate of drug-likeness (QED) is 0.0143. The third-order valence-electron chi connectivity index (χ3n) is 18.4. The Kier molecular flexibility index (Phi) is 100. The maximum absolute atomic E-state index is 12.0. The van der Waals surface area contributed by atoms with E-state index in [1.54, 1.807) is 0 Å². The highest BCUT2D eigenvalue weighted by Gasteiger charge is 2.27. The van der Waals surface area contributed by atoms with Crippen molar-refractivity contribution in [3.8, 4) is 0 Å². The Labute approximate surface area is 848 Å². The Morgan fingerprint density at radius 3 is 0.514 bits per heavy atom. The zero-order valence-electron chi connectivity index (χ0n) is 86.3. The van der Waals surface area contributed by atoms with Crippen molar-refractivity contribution in [2.45, 2.75) is 389 Å². The van der Waals surface area contributed by atoms with Crippen LogP contribution in [0.5, 0.6) is 0 Å². The van der Waals surface area contributed by atoms with Gasteiger partial charge in [0.2, 0.25) is 0 Å². The van der Waals surface area contributed by atoms with Crippen molar-refractivity contribution in [1.29, 1.82) is 0 Å². The lowest BCUT2D eigenvalue weighted by Gasteiger charge is -2.25. The van der Waals surface area contributed by atoms with Crippen molar-refractivity contribution in [1.82, 2.24) is 0 Å².